The Bertz CT molecular complexity index is 474. The second kappa shape index (κ2) is 6.02. The van der Waals surface area contributed by atoms with Crippen molar-refractivity contribution < 1.29 is 74.6 Å². The molecule has 0 unspecified atom stereocenters. The molecule has 0 rings (SSSR count). The molecule has 158 valence electrons. The Hall–Kier alpha value is -0.460. The van der Waals surface area contributed by atoms with Crippen LogP contribution in [0.2, 0.25) is 0 Å². The molecule has 0 radical (unpaired) electrons. The fraction of sp³-hybridized carbons (Fsp3) is 1.00. The SMILES string of the molecule is FC(F)(F)C(F)(F)C(F)(F)C(F)(F)C(F)(F)C(F)(F)C(F)(F)C(F)(F)I. The van der Waals surface area contributed by atoms with E-state index in [1.807, 2.05) is 0 Å². The second-order valence-corrected chi connectivity index (χ2v) is 5.80. The van der Waals surface area contributed by atoms with Gasteiger partial charge in [-0.1, -0.05) is 0 Å². The molecule has 0 aliphatic rings. The predicted octanol–water partition coefficient (Wildman–Crippen LogP) is 6.39. The Morgan fingerprint density at radius 2 is 0.500 bits per heavy atom. The van der Waals surface area contributed by atoms with Crippen LogP contribution in [-0.4, -0.2) is 45.6 Å². The number of hydrogen-bond donors (Lipinski definition) is 0. The molecular weight excluding hydrogens is 546 g/mol. The van der Waals surface area contributed by atoms with E-state index in [9.17, 15) is 74.6 Å². The van der Waals surface area contributed by atoms with Gasteiger partial charge in [0.2, 0.25) is 0 Å². The van der Waals surface area contributed by atoms with Crippen molar-refractivity contribution in [3.8, 4) is 0 Å². The van der Waals surface area contributed by atoms with Gasteiger partial charge in [0, 0.05) is 22.6 Å². The maximum Gasteiger partial charge on any atom is 0.460 e. The topological polar surface area (TPSA) is 0 Å². The van der Waals surface area contributed by atoms with E-state index in [0.717, 1.165) is 0 Å². The summed E-state index contributed by atoms with van der Waals surface area (Å²) >= 11 is -0.994. The molecule has 0 amide bonds. The molecule has 0 N–H and O–H groups in total. The number of rotatable bonds is 6. The summed E-state index contributed by atoms with van der Waals surface area (Å²) < 4.78 is 206. The van der Waals surface area contributed by atoms with Gasteiger partial charge in [-0.3, -0.25) is 0 Å². The van der Waals surface area contributed by atoms with Crippen molar-refractivity contribution in [2.24, 2.45) is 0 Å². The standard InChI is InChI=1S/C8F17I/c9-1(10,3(13,14)5(17,18)7(21,22)23)2(11,12)4(15,16)6(19,20)8(24,25)26. The third-order valence-electron chi connectivity index (χ3n) is 2.68. The minimum Gasteiger partial charge on any atom is -0.192 e. The quantitative estimate of drug-likeness (QED) is 0.206. The highest BCUT2D eigenvalue weighted by Crippen LogP contribution is 2.64. The van der Waals surface area contributed by atoms with Crippen LogP contribution in [0, 0.1) is 0 Å². The van der Waals surface area contributed by atoms with Gasteiger partial charge in [-0.15, -0.1) is 0 Å². The Kier molecular flexibility index (Phi) is 5.91. The highest BCUT2D eigenvalue weighted by atomic mass is 127. The van der Waals surface area contributed by atoms with Crippen LogP contribution in [-0.2, 0) is 0 Å². The lowest BCUT2D eigenvalue weighted by molar-refractivity contribution is -0.457. The van der Waals surface area contributed by atoms with E-state index in [0.29, 0.717) is 0 Å². The second-order valence-electron chi connectivity index (χ2n) is 4.44. The summed E-state index contributed by atoms with van der Waals surface area (Å²) in [5.74, 6) is -49.4. The van der Waals surface area contributed by atoms with Crippen molar-refractivity contribution >= 4 is 22.6 Å². The Balaban J connectivity index is 6.61. The lowest BCUT2D eigenvalue weighted by Crippen LogP contribution is -2.74. The summed E-state index contributed by atoms with van der Waals surface area (Å²) in [6, 6.07) is 0. The van der Waals surface area contributed by atoms with Gasteiger partial charge in [-0.05, 0) is 0 Å². The van der Waals surface area contributed by atoms with Gasteiger partial charge in [0.15, 0.2) is 0 Å². The molecule has 0 saturated carbocycles. The molecule has 0 spiro atoms. The van der Waals surface area contributed by atoms with Crippen LogP contribution in [0.4, 0.5) is 74.6 Å². The summed E-state index contributed by atoms with van der Waals surface area (Å²) in [7, 11) is 0. The fourth-order valence-electron chi connectivity index (χ4n) is 1.14. The van der Waals surface area contributed by atoms with E-state index >= 15 is 0 Å². The van der Waals surface area contributed by atoms with Crippen LogP contribution in [0.5, 0.6) is 0 Å². The van der Waals surface area contributed by atoms with Crippen molar-refractivity contribution in [2.75, 3.05) is 0 Å². The maximum absolute atomic E-state index is 12.9. The third kappa shape index (κ3) is 3.06. The van der Waals surface area contributed by atoms with Crippen LogP contribution in [0.15, 0.2) is 0 Å². The molecule has 18 heteroatoms. The number of hydrogen-bond acceptors (Lipinski definition) is 0. The van der Waals surface area contributed by atoms with Gasteiger partial charge in [0.05, 0.1) is 0 Å². The van der Waals surface area contributed by atoms with Crippen LogP contribution in [0.25, 0.3) is 0 Å². The highest BCUT2D eigenvalue weighted by Gasteiger charge is 2.95. The van der Waals surface area contributed by atoms with Crippen LogP contribution in [0.3, 0.4) is 0 Å². The molecule has 26 heavy (non-hydrogen) atoms. The minimum absolute atomic E-state index is 0.994. The molecule has 0 heterocycles. The average Bonchev–Trinajstić information content (AvgIpc) is 2.34. The highest BCUT2D eigenvalue weighted by molar-refractivity contribution is 14.1. The molecule has 0 nitrogen and oxygen atoms in total. The third-order valence-corrected chi connectivity index (χ3v) is 3.36. The summed E-state index contributed by atoms with van der Waals surface area (Å²) in [4.78, 5) is 0. The van der Waals surface area contributed by atoms with Gasteiger partial charge < -0.3 is 0 Å². The van der Waals surface area contributed by atoms with Gasteiger partial charge in [-0.25, -0.2) is 0 Å². The maximum atomic E-state index is 12.9. The van der Waals surface area contributed by atoms with E-state index in [4.69, 9.17) is 0 Å². The first-order valence-electron chi connectivity index (χ1n) is 5.15. The first-order valence-corrected chi connectivity index (χ1v) is 6.23. The Morgan fingerprint density at radius 3 is 0.692 bits per heavy atom. The lowest BCUT2D eigenvalue weighted by atomic mass is 9.91. The summed E-state index contributed by atoms with van der Waals surface area (Å²) in [6.45, 7) is 0. The van der Waals surface area contributed by atoms with Gasteiger partial charge in [-0.2, -0.15) is 74.6 Å². The number of halogens is 18. The van der Waals surface area contributed by atoms with Crippen molar-refractivity contribution in [1.29, 1.82) is 0 Å². The molecule has 0 fully saturated rings. The zero-order chi connectivity index (χ0) is 22.0. The largest absolute Gasteiger partial charge is 0.460 e. The summed E-state index contributed by atoms with van der Waals surface area (Å²) in [5.41, 5.74) is 0. The van der Waals surface area contributed by atoms with E-state index in [1.165, 1.54) is 0 Å². The lowest BCUT2D eigenvalue weighted by Gasteiger charge is -2.42. The molecule has 0 bridgehead atoms. The van der Waals surface area contributed by atoms with Gasteiger partial charge in [0.1, 0.15) is 0 Å². The van der Waals surface area contributed by atoms with Crippen molar-refractivity contribution in [1.82, 2.24) is 0 Å². The smallest absolute Gasteiger partial charge is 0.192 e. The molecule has 0 aromatic carbocycles. The number of alkyl halides is 18. The Morgan fingerprint density at radius 1 is 0.308 bits per heavy atom. The first-order chi connectivity index (χ1) is 10.8. The van der Waals surface area contributed by atoms with Crippen molar-refractivity contribution in [3.63, 3.8) is 0 Å². The molecular formula is C8F17I. The van der Waals surface area contributed by atoms with Gasteiger partial charge in [0.25, 0.3) is 0 Å². The first kappa shape index (κ1) is 25.5. The average molecular weight is 546 g/mol. The van der Waals surface area contributed by atoms with Crippen LogP contribution < -0.4 is 0 Å². The van der Waals surface area contributed by atoms with Crippen molar-refractivity contribution in [3.05, 3.63) is 0 Å². The zero-order valence-electron chi connectivity index (χ0n) is 10.8. The molecule has 0 atom stereocenters. The van der Waals surface area contributed by atoms with Gasteiger partial charge >= 0.3 is 45.6 Å². The zero-order valence-corrected chi connectivity index (χ0v) is 13.0. The van der Waals surface area contributed by atoms with Crippen molar-refractivity contribution in [2.45, 2.75) is 45.6 Å². The minimum atomic E-state index is -8.56. The normalized spacial score (nSPS) is 16.8. The molecule has 0 aromatic rings. The molecule has 0 aromatic heterocycles. The Labute approximate surface area is 143 Å². The predicted molar refractivity (Wildman–Crippen MR) is 54.7 cm³/mol. The van der Waals surface area contributed by atoms with Crippen LogP contribution in [0.1, 0.15) is 0 Å². The molecule has 0 aliphatic carbocycles. The van der Waals surface area contributed by atoms with Crippen LogP contribution >= 0.6 is 22.6 Å². The van der Waals surface area contributed by atoms with E-state index < -0.39 is 68.2 Å². The summed E-state index contributed by atoms with van der Waals surface area (Å²) in [5, 5.41) is 0. The van der Waals surface area contributed by atoms with E-state index in [-0.39, 0.29) is 0 Å². The fourth-order valence-corrected chi connectivity index (χ4v) is 1.48. The molecule has 0 aliphatic heterocycles. The molecule has 0 saturated heterocycles. The van der Waals surface area contributed by atoms with E-state index in [1.54, 1.807) is 0 Å². The summed E-state index contributed by atoms with van der Waals surface area (Å²) in [6.07, 6.45) is -7.74. The monoisotopic (exact) mass is 546 g/mol. The van der Waals surface area contributed by atoms with E-state index in [2.05, 4.69) is 0 Å².